The van der Waals surface area contributed by atoms with E-state index in [1.807, 2.05) is 4.90 Å². The van der Waals surface area contributed by atoms with E-state index in [1.54, 1.807) is 19.1 Å². The van der Waals surface area contributed by atoms with Crippen LogP contribution in [0.2, 0.25) is 0 Å². The van der Waals surface area contributed by atoms with Crippen molar-refractivity contribution in [3.05, 3.63) is 29.6 Å². The van der Waals surface area contributed by atoms with E-state index in [1.165, 1.54) is 6.07 Å². The minimum Gasteiger partial charge on any atom is -0.310 e. The largest absolute Gasteiger partial charge is 0.310 e. The quantitative estimate of drug-likeness (QED) is 0.740. The van der Waals surface area contributed by atoms with E-state index in [9.17, 15) is 9.18 Å². The van der Waals surface area contributed by atoms with Crippen LogP contribution in [0.25, 0.3) is 0 Å². The molecule has 1 atom stereocenters. The number of hydrogen-bond acceptors (Lipinski definition) is 1. The van der Waals surface area contributed by atoms with E-state index in [0.717, 1.165) is 18.5 Å². The summed E-state index contributed by atoms with van der Waals surface area (Å²) in [5, 5.41) is 0. The van der Waals surface area contributed by atoms with Gasteiger partial charge < -0.3 is 4.90 Å². The van der Waals surface area contributed by atoms with Gasteiger partial charge in [-0.25, -0.2) is 4.39 Å². The maximum atomic E-state index is 13.5. The number of rotatable bonds is 5. The predicted octanol–water partition coefficient (Wildman–Crippen LogP) is 5.09. The average molecular weight is 293 g/mol. The van der Waals surface area contributed by atoms with Crippen molar-refractivity contribution in [2.75, 3.05) is 4.90 Å². The Morgan fingerprint density at radius 2 is 1.95 bits per heavy atom. The van der Waals surface area contributed by atoms with Crippen molar-refractivity contribution >= 4 is 11.6 Å². The normalized spacial score (nSPS) is 13.1. The van der Waals surface area contributed by atoms with Crippen molar-refractivity contribution in [2.45, 2.75) is 66.8 Å². The van der Waals surface area contributed by atoms with E-state index in [4.69, 9.17) is 0 Å². The summed E-state index contributed by atoms with van der Waals surface area (Å²) in [6, 6.07) is 5.03. The lowest BCUT2D eigenvalue weighted by Crippen LogP contribution is -2.40. The minimum absolute atomic E-state index is 0.0592. The Bertz CT molecular complexity index is 490. The molecule has 0 aliphatic rings. The Balaban J connectivity index is 3.12. The molecule has 0 fully saturated rings. The van der Waals surface area contributed by atoms with Crippen LogP contribution < -0.4 is 4.90 Å². The fraction of sp³-hybridized carbons (Fsp3) is 0.611. The fourth-order valence-electron chi connectivity index (χ4n) is 2.51. The van der Waals surface area contributed by atoms with Gasteiger partial charge in [0.15, 0.2) is 0 Å². The van der Waals surface area contributed by atoms with Crippen LogP contribution in [0, 0.1) is 18.2 Å². The summed E-state index contributed by atoms with van der Waals surface area (Å²) < 4.78 is 13.5. The molecule has 1 rings (SSSR count). The Morgan fingerprint density at radius 3 is 2.43 bits per heavy atom. The highest BCUT2D eigenvalue weighted by Gasteiger charge is 2.26. The Morgan fingerprint density at radius 1 is 1.33 bits per heavy atom. The zero-order valence-corrected chi connectivity index (χ0v) is 14.2. The predicted molar refractivity (Wildman–Crippen MR) is 87.1 cm³/mol. The minimum atomic E-state index is -0.231. The lowest BCUT2D eigenvalue weighted by atomic mass is 9.91. The Hall–Kier alpha value is -1.38. The van der Waals surface area contributed by atoms with Crippen molar-refractivity contribution in [3.8, 4) is 0 Å². The molecule has 0 heterocycles. The third kappa shape index (κ3) is 5.14. The number of amides is 1. The smallest absolute Gasteiger partial charge is 0.227 e. The van der Waals surface area contributed by atoms with Crippen LogP contribution in [0.1, 0.15) is 59.4 Å². The van der Waals surface area contributed by atoms with Crippen LogP contribution in [0.5, 0.6) is 0 Å². The Kier molecular flexibility index (Phi) is 5.94. The summed E-state index contributed by atoms with van der Waals surface area (Å²) >= 11 is 0. The molecule has 1 aromatic rings. The number of aryl methyl sites for hydroxylation is 1. The highest BCUT2D eigenvalue weighted by atomic mass is 19.1. The van der Waals surface area contributed by atoms with Gasteiger partial charge in [-0.1, -0.05) is 34.1 Å². The summed E-state index contributed by atoms with van der Waals surface area (Å²) in [5.74, 6) is -0.125. The molecule has 3 heteroatoms. The van der Waals surface area contributed by atoms with Gasteiger partial charge in [0.05, 0.1) is 0 Å². The van der Waals surface area contributed by atoms with Gasteiger partial charge in [-0.05, 0) is 49.4 Å². The third-order valence-corrected chi connectivity index (χ3v) is 3.52. The van der Waals surface area contributed by atoms with Crippen LogP contribution in [0.4, 0.5) is 10.1 Å². The lowest BCUT2D eigenvalue weighted by molar-refractivity contribution is -0.120. The highest BCUT2D eigenvalue weighted by Crippen LogP contribution is 2.27. The second-order valence-corrected chi connectivity index (χ2v) is 7.07. The third-order valence-electron chi connectivity index (χ3n) is 3.52. The van der Waals surface area contributed by atoms with Crippen molar-refractivity contribution in [1.29, 1.82) is 0 Å². The molecule has 1 amide bonds. The number of hydrogen-bond donors (Lipinski definition) is 0. The molecular weight excluding hydrogens is 265 g/mol. The lowest BCUT2D eigenvalue weighted by Gasteiger charge is -2.32. The fourth-order valence-corrected chi connectivity index (χ4v) is 2.51. The van der Waals surface area contributed by atoms with E-state index in [2.05, 4.69) is 34.6 Å². The number of carbonyl (C=O) groups excluding carboxylic acids is 1. The molecule has 0 saturated carbocycles. The zero-order chi connectivity index (χ0) is 16.2. The molecule has 0 saturated heterocycles. The number of anilines is 1. The topological polar surface area (TPSA) is 20.3 Å². The standard InChI is InChI=1S/C18H28FNO/c1-7-8-14(3)20(17(21)12-18(4,5)6)15-9-10-16(19)13(2)11-15/h9-11,14H,7-8,12H2,1-6H3. The number of halogens is 1. The average Bonchev–Trinajstić information content (AvgIpc) is 2.32. The molecule has 21 heavy (non-hydrogen) atoms. The van der Waals surface area contributed by atoms with Gasteiger partial charge >= 0.3 is 0 Å². The van der Waals surface area contributed by atoms with E-state index >= 15 is 0 Å². The molecule has 0 bridgehead atoms. The van der Waals surface area contributed by atoms with Crippen LogP contribution in [-0.4, -0.2) is 11.9 Å². The first-order valence-electron chi connectivity index (χ1n) is 7.74. The van der Waals surface area contributed by atoms with Gasteiger partial charge in [0.25, 0.3) is 0 Å². The second-order valence-electron chi connectivity index (χ2n) is 7.07. The molecule has 1 aromatic carbocycles. The van der Waals surface area contributed by atoms with Crippen molar-refractivity contribution in [3.63, 3.8) is 0 Å². The first-order valence-corrected chi connectivity index (χ1v) is 7.74. The molecule has 0 N–H and O–H groups in total. The molecular formula is C18H28FNO. The van der Waals surface area contributed by atoms with Crippen molar-refractivity contribution < 1.29 is 9.18 Å². The van der Waals surface area contributed by atoms with E-state index < -0.39 is 0 Å². The van der Waals surface area contributed by atoms with Gasteiger partial charge in [0.2, 0.25) is 5.91 Å². The van der Waals surface area contributed by atoms with Crippen LogP contribution in [-0.2, 0) is 4.79 Å². The van der Waals surface area contributed by atoms with Crippen LogP contribution in [0.3, 0.4) is 0 Å². The summed E-state index contributed by atoms with van der Waals surface area (Å²) in [7, 11) is 0. The van der Waals surface area contributed by atoms with Gasteiger partial charge in [0, 0.05) is 18.2 Å². The number of benzene rings is 1. The molecule has 0 aliphatic carbocycles. The number of carbonyl (C=O) groups is 1. The molecule has 0 radical (unpaired) electrons. The van der Waals surface area contributed by atoms with Gasteiger partial charge in [0.1, 0.15) is 5.82 Å². The summed E-state index contributed by atoms with van der Waals surface area (Å²) in [6.45, 7) is 12.1. The Labute approximate surface area is 128 Å². The maximum absolute atomic E-state index is 13.5. The van der Waals surface area contributed by atoms with E-state index in [0.29, 0.717) is 12.0 Å². The first-order chi connectivity index (χ1) is 9.65. The number of nitrogens with zero attached hydrogens (tertiary/aromatic N) is 1. The molecule has 0 aliphatic heterocycles. The SMILES string of the molecule is CCCC(C)N(C(=O)CC(C)(C)C)c1ccc(F)c(C)c1. The van der Waals surface area contributed by atoms with Gasteiger partial charge in [-0.15, -0.1) is 0 Å². The maximum Gasteiger partial charge on any atom is 0.227 e. The summed E-state index contributed by atoms with van der Waals surface area (Å²) in [5.41, 5.74) is 1.31. The van der Waals surface area contributed by atoms with Crippen LogP contribution in [0.15, 0.2) is 18.2 Å². The summed E-state index contributed by atoms with van der Waals surface area (Å²) in [4.78, 5) is 14.5. The van der Waals surface area contributed by atoms with Crippen molar-refractivity contribution in [1.82, 2.24) is 0 Å². The molecule has 2 nitrogen and oxygen atoms in total. The van der Waals surface area contributed by atoms with E-state index in [-0.39, 0.29) is 23.2 Å². The van der Waals surface area contributed by atoms with Crippen LogP contribution >= 0.6 is 0 Å². The second kappa shape index (κ2) is 7.06. The highest BCUT2D eigenvalue weighted by molar-refractivity contribution is 5.94. The zero-order valence-electron chi connectivity index (χ0n) is 14.2. The molecule has 0 aromatic heterocycles. The first kappa shape index (κ1) is 17.7. The molecule has 0 spiro atoms. The summed E-state index contributed by atoms with van der Waals surface area (Å²) in [6.07, 6.45) is 2.43. The van der Waals surface area contributed by atoms with Gasteiger partial charge in [-0.3, -0.25) is 4.79 Å². The van der Waals surface area contributed by atoms with Crippen molar-refractivity contribution in [2.24, 2.45) is 5.41 Å². The van der Waals surface area contributed by atoms with Gasteiger partial charge in [-0.2, -0.15) is 0 Å². The molecule has 118 valence electrons. The molecule has 1 unspecified atom stereocenters. The monoisotopic (exact) mass is 293 g/mol.